The van der Waals surface area contributed by atoms with Crippen LogP contribution < -0.4 is 10.5 Å². The van der Waals surface area contributed by atoms with Crippen LogP contribution in [0.2, 0.25) is 0 Å². The highest BCUT2D eigenvalue weighted by atomic mass is 19.1. The zero-order chi connectivity index (χ0) is 24.0. The van der Waals surface area contributed by atoms with Gasteiger partial charge < -0.3 is 25.3 Å². The second-order valence-electron chi connectivity index (χ2n) is 8.60. The number of aromatic nitrogens is 1. The molecule has 0 bridgehead atoms. The Labute approximate surface area is 195 Å². The number of piperazine rings is 1. The lowest BCUT2D eigenvalue weighted by atomic mass is 9.96. The van der Waals surface area contributed by atoms with Gasteiger partial charge in [0.2, 0.25) is 0 Å². The summed E-state index contributed by atoms with van der Waals surface area (Å²) in [5.74, 6) is -0.528. The Morgan fingerprint density at radius 1 is 1.00 bits per heavy atom. The number of nitrogens with two attached hydrogens (primary N) is 1. The third kappa shape index (κ3) is 3.66. The monoisotopic (exact) mass is 460 g/mol. The molecule has 1 aromatic heterocycles. The van der Waals surface area contributed by atoms with E-state index >= 15 is 0 Å². The van der Waals surface area contributed by atoms with Gasteiger partial charge in [-0.1, -0.05) is 12.1 Å². The molecule has 1 saturated heterocycles. The molecule has 0 aliphatic carbocycles. The van der Waals surface area contributed by atoms with E-state index in [9.17, 15) is 14.0 Å². The zero-order valence-electron chi connectivity index (χ0n) is 19.0. The van der Waals surface area contributed by atoms with Crippen LogP contribution >= 0.6 is 0 Å². The van der Waals surface area contributed by atoms with Gasteiger partial charge in [-0.2, -0.15) is 0 Å². The number of likely N-dealkylation sites (N-methyl/N-ethyl adjacent to an activating group) is 1. The Bertz CT molecular complexity index is 1440. The van der Waals surface area contributed by atoms with E-state index in [0.717, 1.165) is 18.5 Å². The highest BCUT2D eigenvalue weighted by molar-refractivity contribution is 6.20. The van der Waals surface area contributed by atoms with Gasteiger partial charge >= 0.3 is 0 Å². The van der Waals surface area contributed by atoms with Crippen LogP contribution in [0.25, 0.3) is 32.9 Å². The molecule has 1 aliphatic heterocycles. The number of hydrogen-bond donors (Lipinski definition) is 2. The van der Waals surface area contributed by atoms with E-state index in [0.29, 0.717) is 57.5 Å². The van der Waals surface area contributed by atoms with Crippen LogP contribution in [0.5, 0.6) is 5.75 Å². The van der Waals surface area contributed by atoms with E-state index in [1.54, 1.807) is 36.4 Å². The zero-order valence-corrected chi connectivity index (χ0v) is 19.0. The number of nitrogens with zero attached hydrogens (tertiary/aromatic N) is 2. The summed E-state index contributed by atoms with van der Waals surface area (Å²) in [6.45, 7) is 3.01. The molecular formula is C26H25FN4O3. The molecule has 174 valence electrons. The summed E-state index contributed by atoms with van der Waals surface area (Å²) in [4.78, 5) is 32.5. The number of hydrogen-bond acceptors (Lipinski definition) is 4. The molecule has 8 heteroatoms. The highest BCUT2D eigenvalue weighted by Crippen LogP contribution is 2.38. The average molecular weight is 461 g/mol. The van der Waals surface area contributed by atoms with Crippen molar-refractivity contribution < 1.29 is 18.7 Å². The average Bonchev–Trinajstić information content (AvgIpc) is 3.22. The lowest BCUT2D eigenvalue weighted by Crippen LogP contribution is -2.47. The van der Waals surface area contributed by atoms with Crippen molar-refractivity contribution in [1.82, 2.24) is 14.8 Å². The van der Waals surface area contributed by atoms with Gasteiger partial charge in [0.05, 0.1) is 18.2 Å². The van der Waals surface area contributed by atoms with Crippen molar-refractivity contribution in [2.24, 2.45) is 5.73 Å². The molecule has 2 heterocycles. The van der Waals surface area contributed by atoms with Crippen LogP contribution in [0.4, 0.5) is 4.39 Å². The molecule has 5 rings (SSSR count). The van der Waals surface area contributed by atoms with E-state index in [-0.39, 0.29) is 5.91 Å². The molecule has 1 fully saturated rings. The molecule has 0 radical (unpaired) electrons. The lowest BCUT2D eigenvalue weighted by molar-refractivity contribution is 0.0664. The number of aromatic amines is 1. The van der Waals surface area contributed by atoms with Crippen LogP contribution in [0.1, 0.15) is 20.7 Å². The Kier molecular flexibility index (Phi) is 5.45. The number of primary amides is 1. The fraction of sp³-hybridized carbons (Fsp3) is 0.231. The number of methoxy groups -OCH3 is 1. The highest BCUT2D eigenvalue weighted by Gasteiger charge is 2.23. The van der Waals surface area contributed by atoms with Crippen LogP contribution in [0.15, 0.2) is 48.5 Å². The maximum Gasteiger partial charge on any atom is 0.254 e. The maximum atomic E-state index is 14.9. The number of halogens is 1. The van der Waals surface area contributed by atoms with Gasteiger partial charge in [-0.05, 0) is 49.0 Å². The standard InChI is InChI=1S/C26H25FN4O3/c1-30-9-11-31(12-10-30)26(33)15-3-5-18-22(13-15)29-24-19(25(28)32)7-6-17(23(18)24)20-14-16(34-2)4-8-21(20)27/h3-8,13-14,29H,9-12H2,1-2H3,(H2,28,32). The number of H-pyrrole nitrogens is 1. The summed E-state index contributed by atoms with van der Waals surface area (Å²) in [6.07, 6.45) is 0. The summed E-state index contributed by atoms with van der Waals surface area (Å²) >= 11 is 0. The van der Waals surface area contributed by atoms with Gasteiger partial charge in [0.15, 0.2) is 0 Å². The number of carbonyl (C=O) groups is 2. The predicted molar refractivity (Wildman–Crippen MR) is 130 cm³/mol. The van der Waals surface area contributed by atoms with Gasteiger partial charge in [-0.15, -0.1) is 0 Å². The Balaban J connectivity index is 1.69. The summed E-state index contributed by atoms with van der Waals surface area (Å²) in [7, 11) is 3.56. The van der Waals surface area contributed by atoms with Crippen molar-refractivity contribution in [2.45, 2.75) is 0 Å². The molecule has 4 aromatic rings. The van der Waals surface area contributed by atoms with Gasteiger partial charge in [0, 0.05) is 53.6 Å². The molecule has 0 spiro atoms. The van der Waals surface area contributed by atoms with Gasteiger partial charge in [-0.25, -0.2) is 4.39 Å². The number of ether oxygens (including phenoxy) is 1. The first-order valence-corrected chi connectivity index (χ1v) is 11.1. The molecule has 0 unspecified atom stereocenters. The summed E-state index contributed by atoms with van der Waals surface area (Å²) in [6, 6.07) is 13.2. The number of fused-ring (bicyclic) bond motifs is 3. The molecular weight excluding hydrogens is 435 g/mol. The van der Waals surface area contributed by atoms with Gasteiger partial charge in [-0.3, -0.25) is 9.59 Å². The fourth-order valence-electron chi connectivity index (χ4n) is 4.61. The molecule has 0 saturated carbocycles. The first-order chi connectivity index (χ1) is 16.4. The smallest absolute Gasteiger partial charge is 0.254 e. The number of nitrogens with one attached hydrogen (secondary N) is 1. The molecule has 34 heavy (non-hydrogen) atoms. The van der Waals surface area contributed by atoms with Crippen molar-refractivity contribution in [3.63, 3.8) is 0 Å². The van der Waals surface area contributed by atoms with E-state index in [1.165, 1.54) is 13.2 Å². The van der Waals surface area contributed by atoms with E-state index in [4.69, 9.17) is 10.5 Å². The Morgan fingerprint density at radius 3 is 2.47 bits per heavy atom. The molecule has 7 nitrogen and oxygen atoms in total. The van der Waals surface area contributed by atoms with Crippen LogP contribution in [-0.2, 0) is 0 Å². The normalized spacial score (nSPS) is 14.6. The lowest BCUT2D eigenvalue weighted by Gasteiger charge is -2.32. The first kappa shape index (κ1) is 21.9. The topological polar surface area (TPSA) is 91.7 Å². The Morgan fingerprint density at radius 2 is 1.76 bits per heavy atom. The van der Waals surface area contributed by atoms with E-state index in [1.807, 2.05) is 18.0 Å². The molecule has 2 amide bonds. The minimum Gasteiger partial charge on any atom is -0.497 e. The SMILES string of the molecule is COc1ccc(F)c(-c2ccc(C(N)=O)c3[nH]c4cc(C(=O)N5CCN(C)CC5)ccc4c23)c1. The number of carbonyl (C=O) groups excluding carboxylic acids is 2. The van der Waals surface area contributed by atoms with Crippen molar-refractivity contribution in [3.05, 3.63) is 65.5 Å². The Hall–Kier alpha value is -3.91. The van der Waals surface area contributed by atoms with Crippen molar-refractivity contribution in [1.29, 1.82) is 0 Å². The van der Waals surface area contributed by atoms with E-state index in [2.05, 4.69) is 9.88 Å². The number of benzene rings is 3. The van der Waals surface area contributed by atoms with Crippen molar-refractivity contribution in [2.75, 3.05) is 40.3 Å². The molecule has 1 aliphatic rings. The number of rotatable bonds is 4. The summed E-state index contributed by atoms with van der Waals surface area (Å²) in [5.41, 5.74) is 8.61. The fourth-order valence-corrected chi connectivity index (χ4v) is 4.61. The van der Waals surface area contributed by atoms with Crippen molar-refractivity contribution in [3.8, 4) is 16.9 Å². The second-order valence-corrected chi connectivity index (χ2v) is 8.60. The summed E-state index contributed by atoms with van der Waals surface area (Å²) in [5, 5.41) is 1.43. The molecule has 3 aromatic carbocycles. The minimum absolute atomic E-state index is 0.0390. The quantitative estimate of drug-likeness (QED) is 0.487. The third-order valence-electron chi connectivity index (χ3n) is 6.52. The molecule has 0 atom stereocenters. The minimum atomic E-state index is -0.594. The third-order valence-corrected chi connectivity index (χ3v) is 6.52. The van der Waals surface area contributed by atoms with Gasteiger partial charge in [0.25, 0.3) is 11.8 Å². The first-order valence-electron chi connectivity index (χ1n) is 11.1. The summed E-state index contributed by atoms with van der Waals surface area (Å²) < 4.78 is 20.2. The van der Waals surface area contributed by atoms with Crippen molar-refractivity contribution >= 4 is 33.6 Å². The largest absolute Gasteiger partial charge is 0.497 e. The van der Waals surface area contributed by atoms with Crippen LogP contribution in [0.3, 0.4) is 0 Å². The molecule has 3 N–H and O–H groups in total. The van der Waals surface area contributed by atoms with Crippen LogP contribution in [-0.4, -0.2) is 66.9 Å². The predicted octanol–water partition coefficient (Wildman–Crippen LogP) is 3.62. The number of amides is 2. The van der Waals surface area contributed by atoms with Crippen LogP contribution in [0, 0.1) is 5.82 Å². The maximum absolute atomic E-state index is 14.9. The second kappa shape index (κ2) is 8.46. The van der Waals surface area contributed by atoms with Gasteiger partial charge in [0.1, 0.15) is 11.6 Å². The van der Waals surface area contributed by atoms with E-state index < -0.39 is 11.7 Å².